The Bertz CT molecular complexity index is 445. The van der Waals surface area contributed by atoms with Crippen LogP contribution in [-0.2, 0) is 11.2 Å². The van der Waals surface area contributed by atoms with Crippen LogP contribution >= 0.6 is 0 Å². The van der Waals surface area contributed by atoms with Crippen LogP contribution in [0.25, 0.3) is 0 Å². The van der Waals surface area contributed by atoms with E-state index >= 15 is 0 Å². The van der Waals surface area contributed by atoms with Crippen LogP contribution in [0.5, 0.6) is 0 Å². The van der Waals surface area contributed by atoms with Gasteiger partial charge in [0, 0.05) is 25.7 Å². The molecule has 0 fully saturated rings. The van der Waals surface area contributed by atoms with E-state index in [-0.39, 0.29) is 5.91 Å². The number of likely N-dealkylation sites (N-methyl/N-ethyl adjacent to an activating group) is 2. The van der Waals surface area contributed by atoms with E-state index in [2.05, 4.69) is 16.9 Å². The second kappa shape index (κ2) is 7.67. The van der Waals surface area contributed by atoms with Gasteiger partial charge < -0.3 is 15.5 Å². The third-order valence-electron chi connectivity index (χ3n) is 3.31. The van der Waals surface area contributed by atoms with Crippen LogP contribution in [0.15, 0.2) is 6.33 Å². The SMILES string of the molecule is CCCc1c(N)ncnc1N(C)CC(=O)N(CC)CC. The van der Waals surface area contributed by atoms with Gasteiger partial charge in [0.05, 0.1) is 6.54 Å². The number of nitrogens with zero attached hydrogens (tertiary/aromatic N) is 4. The van der Waals surface area contributed by atoms with E-state index < -0.39 is 0 Å². The lowest BCUT2D eigenvalue weighted by Gasteiger charge is -2.25. The summed E-state index contributed by atoms with van der Waals surface area (Å²) in [5.41, 5.74) is 6.84. The normalized spacial score (nSPS) is 10.4. The van der Waals surface area contributed by atoms with E-state index in [0.717, 1.165) is 37.3 Å². The molecule has 0 aliphatic heterocycles. The topological polar surface area (TPSA) is 75.3 Å². The van der Waals surface area contributed by atoms with Crippen molar-refractivity contribution in [2.75, 3.05) is 37.3 Å². The van der Waals surface area contributed by atoms with Crippen molar-refractivity contribution in [3.05, 3.63) is 11.9 Å². The van der Waals surface area contributed by atoms with Gasteiger partial charge in [-0.25, -0.2) is 9.97 Å². The minimum Gasteiger partial charge on any atom is -0.383 e. The molecule has 0 bridgehead atoms. The maximum absolute atomic E-state index is 12.2. The molecule has 1 rings (SSSR count). The number of amides is 1. The van der Waals surface area contributed by atoms with E-state index in [1.54, 1.807) is 4.90 Å². The second-order valence-electron chi connectivity index (χ2n) is 4.73. The molecule has 1 aromatic rings. The molecule has 6 nitrogen and oxygen atoms in total. The zero-order valence-corrected chi connectivity index (χ0v) is 12.9. The molecule has 0 saturated heterocycles. The minimum atomic E-state index is 0.0946. The first-order chi connectivity index (χ1) is 9.54. The number of nitrogens with two attached hydrogens (primary N) is 1. The molecule has 6 heteroatoms. The summed E-state index contributed by atoms with van der Waals surface area (Å²) in [6.07, 6.45) is 3.22. The van der Waals surface area contributed by atoms with Gasteiger partial charge in [-0.05, 0) is 20.3 Å². The highest BCUT2D eigenvalue weighted by Gasteiger charge is 2.17. The zero-order chi connectivity index (χ0) is 15.1. The quantitative estimate of drug-likeness (QED) is 0.814. The van der Waals surface area contributed by atoms with Gasteiger partial charge in [-0.15, -0.1) is 0 Å². The molecule has 0 radical (unpaired) electrons. The average Bonchev–Trinajstić information content (AvgIpc) is 2.42. The third-order valence-corrected chi connectivity index (χ3v) is 3.31. The molecule has 0 spiro atoms. The van der Waals surface area contributed by atoms with Crippen molar-refractivity contribution in [3.8, 4) is 0 Å². The summed E-state index contributed by atoms with van der Waals surface area (Å²) in [6, 6.07) is 0. The Labute approximate surface area is 121 Å². The van der Waals surface area contributed by atoms with Crippen molar-refractivity contribution in [2.24, 2.45) is 0 Å². The van der Waals surface area contributed by atoms with Crippen molar-refractivity contribution in [1.82, 2.24) is 14.9 Å². The smallest absolute Gasteiger partial charge is 0.242 e. The van der Waals surface area contributed by atoms with E-state index in [0.29, 0.717) is 12.4 Å². The zero-order valence-electron chi connectivity index (χ0n) is 12.9. The van der Waals surface area contributed by atoms with E-state index in [1.165, 1.54) is 6.33 Å². The predicted molar refractivity (Wildman–Crippen MR) is 81.6 cm³/mol. The fourth-order valence-electron chi connectivity index (χ4n) is 2.19. The Morgan fingerprint density at radius 3 is 2.45 bits per heavy atom. The Kier molecular flexibility index (Phi) is 6.21. The lowest BCUT2D eigenvalue weighted by Crippen LogP contribution is -2.39. The first kappa shape index (κ1) is 16.2. The Balaban J connectivity index is 2.89. The molecular formula is C14H25N5O. The number of hydrogen-bond donors (Lipinski definition) is 1. The van der Waals surface area contributed by atoms with Crippen molar-refractivity contribution in [3.63, 3.8) is 0 Å². The number of carbonyl (C=O) groups is 1. The summed E-state index contributed by atoms with van der Waals surface area (Å²) in [4.78, 5) is 24.1. The highest BCUT2D eigenvalue weighted by Crippen LogP contribution is 2.22. The molecule has 20 heavy (non-hydrogen) atoms. The van der Waals surface area contributed by atoms with Gasteiger partial charge in [-0.1, -0.05) is 13.3 Å². The van der Waals surface area contributed by atoms with Gasteiger partial charge in [-0.3, -0.25) is 4.79 Å². The van der Waals surface area contributed by atoms with Crippen molar-refractivity contribution in [2.45, 2.75) is 33.6 Å². The number of nitrogen functional groups attached to an aromatic ring is 1. The maximum Gasteiger partial charge on any atom is 0.242 e. The fourth-order valence-corrected chi connectivity index (χ4v) is 2.19. The number of hydrogen-bond acceptors (Lipinski definition) is 5. The summed E-state index contributed by atoms with van der Waals surface area (Å²) in [7, 11) is 1.86. The van der Waals surface area contributed by atoms with Gasteiger partial charge in [0.1, 0.15) is 18.0 Å². The number of anilines is 2. The molecule has 112 valence electrons. The van der Waals surface area contributed by atoms with Gasteiger partial charge in [0.25, 0.3) is 0 Å². The second-order valence-corrected chi connectivity index (χ2v) is 4.73. The highest BCUT2D eigenvalue weighted by atomic mass is 16.2. The lowest BCUT2D eigenvalue weighted by molar-refractivity contribution is -0.129. The average molecular weight is 279 g/mol. The van der Waals surface area contributed by atoms with Crippen LogP contribution in [-0.4, -0.2) is 47.5 Å². The molecule has 0 atom stereocenters. The number of rotatable bonds is 7. The molecule has 0 unspecified atom stereocenters. The van der Waals surface area contributed by atoms with Crippen LogP contribution in [0.3, 0.4) is 0 Å². The number of carbonyl (C=O) groups excluding carboxylic acids is 1. The minimum absolute atomic E-state index is 0.0946. The molecule has 2 N–H and O–H groups in total. The molecule has 0 aliphatic rings. The van der Waals surface area contributed by atoms with Crippen LogP contribution in [0.4, 0.5) is 11.6 Å². The molecule has 0 aliphatic carbocycles. The maximum atomic E-state index is 12.2. The summed E-state index contributed by atoms with van der Waals surface area (Å²) in [5.74, 6) is 1.34. The van der Waals surface area contributed by atoms with Crippen LogP contribution in [0.1, 0.15) is 32.8 Å². The fraction of sp³-hybridized carbons (Fsp3) is 0.643. The van der Waals surface area contributed by atoms with E-state index in [1.807, 2.05) is 25.8 Å². The van der Waals surface area contributed by atoms with E-state index in [9.17, 15) is 4.79 Å². The predicted octanol–water partition coefficient (Wildman–Crippen LogP) is 1.32. The monoisotopic (exact) mass is 279 g/mol. The molecule has 0 aromatic carbocycles. The van der Waals surface area contributed by atoms with Crippen molar-refractivity contribution < 1.29 is 4.79 Å². The van der Waals surface area contributed by atoms with Gasteiger partial charge in [0.15, 0.2) is 0 Å². The van der Waals surface area contributed by atoms with Crippen molar-refractivity contribution in [1.29, 1.82) is 0 Å². The Morgan fingerprint density at radius 1 is 1.25 bits per heavy atom. The molecule has 0 saturated carbocycles. The standard InChI is InChI=1S/C14H25N5O/c1-5-8-11-13(15)16-10-17-14(11)18(4)9-12(20)19(6-2)7-3/h10H,5-9H2,1-4H3,(H2,15,16,17). The highest BCUT2D eigenvalue weighted by molar-refractivity contribution is 5.81. The van der Waals surface area contributed by atoms with Crippen LogP contribution in [0, 0.1) is 0 Å². The molecule has 1 amide bonds. The Hall–Kier alpha value is -1.85. The van der Waals surface area contributed by atoms with Gasteiger partial charge >= 0.3 is 0 Å². The largest absolute Gasteiger partial charge is 0.383 e. The van der Waals surface area contributed by atoms with Crippen molar-refractivity contribution >= 4 is 17.5 Å². The van der Waals surface area contributed by atoms with E-state index in [4.69, 9.17) is 5.73 Å². The summed E-state index contributed by atoms with van der Waals surface area (Å²) in [6.45, 7) is 7.78. The van der Waals surface area contributed by atoms with Crippen LogP contribution < -0.4 is 10.6 Å². The molecule has 1 aromatic heterocycles. The number of aromatic nitrogens is 2. The summed E-state index contributed by atoms with van der Waals surface area (Å²) < 4.78 is 0. The van der Waals surface area contributed by atoms with Gasteiger partial charge in [0.2, 0.25) is 5.91 Å². The Morgan fingerprint density at radius 2 is 1.90 bits per heavy atom. The third kappa shape index (κ3) is 3.82. The first-order valence-corrected chi connectivity index (χ1v) is 7.13. The molecule has 1 heterocycles. The van der Waals surface area contributed by atoms with Gasteiger partial charge in [-0.2, -0.15) is 0 Å². The van der Waals surface area contributed by atoms with Crippen LogP contribution in [0.2, 0.25) is 0 Å². The first-order valence-electron chi connectivity index (χ1n) is 7.13. The molecular weight excluding hydrogens is 254 g/mol. The summed E-state index contributed by atoms with van der Waals surface area (Å²) >= 11 is 0. The lowest BCUT2D eigenvalue weighted by atomic mass is 10.1. The summed E-state index contributed by atoms with van der Waals surface area (Å²) in [5, 5.41) is 0.